The zero-order valence-electron chi connectivity index (χ0n) is 13.2. The Bertz CT molecular complexity index is 732. The molecule has 1 saturated heterocycles. The van der Waals surface area contributed by atoms with Crippen LogP contribution in [0, 0.1) is 6.92 Å². The van der Waals surface area contributed by atoms with Crippen LogP contribution in [-0.2, 0) is 16.8 Å². The predicted octanol–water partition coefficient (Wildman–Crippen LogP) is 3.16. The Labute approximate surface area is 140 Å². The molecule has 0 saturated carbocycles. The van der Waals surface area contributed by atoms with Gasteiger partial charge in [-0.15, -0.1) is 11.3 Å². The van der Waals surface area contributed by atoms with Crippen molar-refractivity contribution in [2.24, 2.45) is 0 Å². The van der Waals surface area contributed by atoms with Crippen LogP contribution in [0.5, 0.6) is 0 Å². The van der Waals surface area contributed by atoms with Crippen molar-refractivity contribution in [3.8, 4) is 0 Å². The van der Waals surface area contributed by atoms with E-state index >= 15 is 0 Å². The monoisotopic (exact) mass is 328 g/mol. The number of piperidine rings is 1. The highest BCUT2D eigenvalue weighted by Gasteiger charge is 2.42. The molecule has 0 N–H and O–H groups in total. The molecule has 23 heavy (non-hydrogen) atoms. The molecule has 4 nitrogen and oxygen atoms in total. The van der Waals surface area contributed by atoms with Crippen LogP contribution in [0.2, 0.25) is 0 Å². The average molecular weight is 328 g/mol. The highest BCUT2D eigenvalue weighted by Crippen LogP contribution is 2.43. The smallest absolute Gasteiger partial charge is 0.255 e. The molecule has 0 atom stereocenters. The second-order valence-electron chi connectivity index (χ2n) is 6.28. The molecule has 2 aliphatic heterocycles. The first-order valence-corrected chi connectivity index (χ1v) is 8.99. The van der Waals surface area contributed by atoms with Crippen molar-refractivity contribution in [2.45, 2.75) is 31.8 Å². The summed E-state index contributed by atoms with van der Waals surface area (Å²) < 4.78 is 6.21. The highest BCUT2D eigenvalue weighted by molar-refractivity contribution is 7.10. The Morgan fingerprint density at radius 1 is 1.35 bits per heavy atom. The lowest BCUT2D eigenvalue weighted by atomic mass is 9.82. The lowest BCUT2D eigenvalue weighted by Gasteiger charge is -2.44. The second-order valence-corrected chi connectivity index (χ2v) is 7.28. The third-order valence-corrected chi connectivity index (χ3v) is 6.02. The van der Waals surface area contributed by atoms with Crippen molar-refractivity contribution in [1.29, 1.82) is 0 Å². The number of hydrogen-bond acceptors (Lipinski definition) is 4. The number of hydrogen-bond donors (Lipinski definition) is 0. The van der Waals surface area contributed by atoms with Gasteiger partial charge >= 0.3 is 0 Å². The van der Waals surface area contributed by atoms with Gasteiger partial charge in [-0.1, -0.05) is 0 Å². The summed E-state index contributed by atoms with van der Waals surface area (Å²) in [7, 11) is 0. The summed E-state index contributed by atoms with van der Waals surface area (Å²) in [5, 5.41) is 2.16. The number of fused-ring (bicyclic) bond motifs is 2. The van der Waals surface area contributed by atoms with Crippen LogP contribution >= 0.6 is 11.3 Å². The quantitative estimate of drug-likeness (QED) is 0.807. The van der Waals surface area contributed by atoms with Crippen molar-refractivity contribution < 1.29 is 9.53 Å². The molecule has 0 aromatic carbocycles. The van der Waals surface area contributed by atoms with Crippen molar-refractivity contribution in [3.05, 3.63) is 51.5 Å². The molecule has 0 unspecified atom stereocenters. The second kappa shape index (κ2) is 5.73. The van der Waals surface area contributed by atoms with E-state index in [0.717, 1.165) is 44.7 Å². The third-order valence-electron chi connectivity index (χ3n) is 5.04. The molecule has 0 aliphatic carbocycles. The number of ether oxygens (including phenoxy) is 1. The van der Waals surface area contributed by atoms with Gasteiger partial charge in [0, 0.05) is 36.3 Å². The van der Waals surface area contributed by atoms with Crippen LogP contribution < -0.4 is 0 Å². The molecule has 1 spiro atoms. The molecule has 2 aromatic heterocycles. The molecule has 1 fully saturated rings. The maximum atomic E-state index is 12.7. The van der Waals surface area contributed by atoms with Gasteiger partial charge in [-0.2, -0.15) is 0 Å². The largest absolute Gasteiger partial charge is 0.370 e. The van der Waals surface area contributed by atoms with Crippen LogP contribution in [0.15, 0.2) is 29.8 Å². The number of nitrogens with zero attached hydrogens (tertiary/aromatic N) is 2. The zero-order valence-corrected chi connectivity index (χ0v) is 14.1. The molecule has 2 aromatic rings. The Balaban J connectivity index is 1.52. The molecule has 1 amide bonds. The number of pyridine rings is 1. The summed E-state index contributed by atoms with van der Waals surface area (Å²) in [6.07, 6.45) is 4.50. The van der Waals surface area contributed by atoms with Crippen LogP contribution in [0.25, 0.3) is 0 Å². The van der Waals surface area contributed by atoms with Gasteiger partial charge in [0.15, 0.2) is 0 Å². The first-order valence-electron chi connectivity index (χ1n) is 8.11. The van der Waals surface area contributed by atoms with Crippen molar-refractivity contribution >= 4 is 17.2 Å². The minimum atomic E-state index is -0.172. The molecule has 0 bridgehead atoms. The summed E-state index contributed by atoms with van der Waals surface area (Å²) in [4.78, 5) is 20.4. The summed E-state index contributed by atoms with van der Waals surface area (Å²) in [5.74, 6) is 0.0896. The zero-order chi connectivity index (χ0) is 15.9. The summed E-state index contributed by atoms with van der Waals surface area (Å²) >= 11 is 1.83. The van der Waals surface area contributed by atoms with Gasteiger partial charge in [-0.05, 0) is 48.9 Å². The summed E-state index contributed by atoms with van der Waals surface area (Å²) in [5.41, 5.74) is 2.70. The molecular formula is C18H20N2O2S. The SMILES string of the molecule is Cc1ncccc1C(=O)N1CCC2(CC1)OCCc1sccc12. The topological polar surface area (TPSA) is 42.4 Å². The Hall–Kier alpha value is -1.72. The maximum absolute atomic E-state index is 12.7. The van der Waals surface area contributed by atoms with Crippen molar-refractivity contribution in [3.63, 3.8) is 0 Å². The molecule has 0 radical (unpaired) electrons. The van der Waals surface area contributed by atoms with E-state index in [1.165, 1.54) is 10.4 Å². The number of aryl methyl sites for hydroxylation is 1. The van der Waals surface area contributed by atoms with Crippen LogP contribution in [0.3, 0.4) is 0 Å². The molecule has 4 heterocycles. The fourth-order valence-electron chi connectivity index (χ4n) is 3.72. The van der Waals surface area contributed by atoms with Gasteiger partial charge < -0.3 is 9.64 Å². The minimum absolute atomic E-state index is 0.0896. The van der Waals surface area contributed by atoms with E-state index in [-0.39, 0.29) is 11.5 Å². The van der Waals surface area contributed by atoms with E-state index in [2.05, 4.69) is 16.4 Å². The molecular weight excluding hydrogens is 308 g/mol. The fourth-order valence-corrected chi connectivity index (χ4v) is 4.67. The number of amides is 1. The van der Waals surface area contributed by atoms with Crippen LogP contribution in [0.1, 0.15) is 39.3 Å². The lowest BCUT2D eigenvalue weighted by Crippen LogP contribution is -2.48. The number of likely N-dealkylation sites (tertiary alicyclic amines) is 1. The minimum Gasteiger partial charge on any atom is -0.370 e. The fraction of sp³-hybridized carbons (Fsp3) is 0.444. The number of thiophene rings is 1. The summed E-state index contributed by atoms with van der Waals surface area (Å²) in [6, 6.07) is 5.90. The van der Waals surface area contributed by atoms with Gasteiger partial charge in [-0.3, -0.25) is 9.78 Å². The first kappa shape index (κ1) is 14.8. The lowest BCUT2D eigenvalue weighted by molar-refractivity contribution is -0.0926. The van der Waals surface area contributed by atoms with Crippen molar-refractivity contribution in [1.82, 2.24) is 9.88 Å². The third kappa shape index (κ3) is 2.48. The maximum Gasteiger partial charge on any atom is 0.255 e. The van der Waals surface area contributed by atoms with Crippen molar-refractivity contribution in [2.75, 3.05) is 19.7 Å². The van der Waals surface area contributed by atoms with E-state index in [9.17, 15) is 4.79 Å². The number of rotatable bonds is 1. The summed E-state index contributed by atoms with van der Waals surface area (Å²) in [6.45, 7) is 4.16. The standard InChI is InChI=1S/C18H20N2O2S/c1-13-14(3-2-8-19-13)17(21)20-9-6-18(7-10-20)15-5-12-23-16(15)4-11-22-18/h2-3,5,8,12H,4,6-7,9-11H2,1H3. The highest BCUT2D eigenvalue weighted by atomic mass is 32.1. The molecule has 5 heteroatoms. The molecule has 2 aliphatic rings. The first-order chi connectivity index (χ1) is 11.2. The number of carbonyl (C=O) groups excluding carboxylic acids is 1. The van der Waals surface area contributed by atoms with E-state index in [4.69, 9.17) is 4.74 Å². The van der Waals surface area contributed by atoms with E-state index in [1.54, 1.807) is 6.20 Å². The Morgan fingerprint density at radius 3 is 2.96 bits per heavy atom. The van der Waals surface area contributed by atoms with Gasteiger partial charge in [0.05, 0.1) is 17.8 Å². The average Bonchev–Trinajstić information content (AvgIpc) is 3.06. The van der Waals surface area contributed by atoms with Gasteiger partial charge in [0.1, 0.15) is 0 Å². The van der Waals surface area contributed by atoms with Crippen LogP contribution in [0.4, 0.5) is 0 Å². The normalized spacial score (nSPS) is 19.6. The van der Waals surface area contributed by atoms with E-state index in [0.29, 0.717) is 5.56 Å². The molecule has 120 valence electrons. The van der Waals surface area contributed by atoms with E-state index in [1.807, 2.05) is 35.3 Å². The number of carbonyl (C=O) groups is 1. The van der Waals surface area contributed by atoms with Crippen LogP contribution in [-0.4, -0.2) is 35.5 Å². The van der Waals surface area contributed by atoms with Gasteiger partial charge in [0.2, 0.25) is 0 Å². The molecule has 4 rings (SSSR count). The van der Waals surface area contributed by atoms with Gasteiger partial charge in [0.25, 0.3) is 5.91 Å². The van der Waals surface area contributed by atoms with E-state index < -0.39 is 0 Å². The Morgan fingerprint density at radius 2 is 2.17 bits per heavy atom. The van der Waals surface area contributed by atoms with Gasteiger partial charge in [-0.25, -0.2) is 0 Å². The Kier molecular flexibility index (Phi) is 3.70. The predicted molar refractivity (Wildman–Crippen MR) is 89.8 cm³/mol. The number of aromatic nitrogens is 1.